The Morgan fingerprint density at radius 2 is 1.92 bits per heavy atom. The van der Waals surface area contributed by atoms with Crippen LogP contribution in [-0.2, 0) is 13.2 Å². The summed E-state index contributed by atoms with van der Waals surface area (Å²) in [5.41, 5.74) is 4.60. The van der Waals surface area contributed by atoms with Crippen LogP contribution >= 0.6 is 11.6 Å². The number of hydrogen-bond acceptors (Lipinski definition) is 5. The smallest absolute Gasteiger partial charge is 0.416 e. The van der Waals surface area contributed by atoms with Gasteiger partial charge in [-0.3, -0.25) is 9.48 Å². The van der Waals surface area contributed by atoms with Crippen LogP contribution in [-0.4, -0.2) is 15.7 Å². The van der Waals surface area contributed by atoms with Crippen molar-refractivity contribution in [3.05, 3.63) is 81.9 Å². The predicted molar refractivity (Wildman–Crippen MR) is 131 cm³/mol. The second-order valence-corrected chi connectivity index (χ2v) is 8.30. The standard InChI is InChI=1S/C25H15ClF5N5O2/c1-36-21-12(3-2-6-32)9-18(34-24(37)13-7-14(25(29,30)31)10-16(28)8-13)22(20(21)23(33)35-36)38-19-11-15(27)4-5-17(19)26/h2-5,7-11H,1H3,(H2,33,35)(H,34,37). The molecular formula is C25H15ClF5N5O2. The van der Waals surface area contributed by atoms with Gasteiger partial charge in [0.1, 0.15) is 17.4 Å². The van der Waals surface area contributed by atoms with E-state index in [4.69, 9.17) is 27.3 Å². The quantitative estimate of drug-likeness (QED) is 0.214. The van der Waals surface area contributed by atoms with Crippen molar-refractivity contribution >= 4 is 46.0 Å². The number of aromatic nitrogens is 2. The number of anilines is 2. The number of nitrogen functional groups attached to an aromatic ring is 1. The lowest BCUT2D eigenvalue weighted by molar-refractivity contribution is -0.137. The first-order chi connectivity index (χ1) is 17.9. The SMILES string of the molecule is Cn1nc(N)c2c(Oc3cc(F)ccc3Cl)c(NC(=O)c3cc(F)cc(C(F)(F)F)c3)cc(C=CC#N)c21. The molecule has 7 nitrogen and oxygen atoms in total. The number of fused-ring (bicyclic) bond motifs is 1. The second-order valence-electron chi connectivity index (χ2n) is 7.89. The summed E-state index contributed by atoms with van der Waals surface area (Å²) in [6.07, 6.45) is -2.39. The summed E-state index contributed by atoms with van der Waals surface area (Å²) in [5, 5.41) is 15.6. The summed E-state index contributed by atoms with van der Waals surface area (Å²) in [5.74, 6) is -3.53. The van der Waals surface area contributed by atoms with Gasteiger partial charge in [0.25, 0.3) is 5.91 Å². The fourth-order valence-electron chi connectivity index (χ4n) is 3.72. The monoisotopic (exact) mass is 547 g/mol. The first kappa shape index (κ1) is 26.4. The van der Waals surface area contributed by atoms with Crippen molar-refractivity contribution in [2.24, 2.45) is 7.05 Å². The summed E-state index contributed by atoms with van der Waals surface area (Å²) in [7, 11) is 1.55. The van der Waals surface area contributed by atoms with Crippen LogP contribution in [0.2, 0.25) is 5.02 Å². The van der Waals surface area contributed by atoms with Gasteiger partial charge in [0, 0.05) is 30.3 Å². The van der Waals surface area contributed by atoms with Gasteiger partial charge in [-0.25, -0.2) is 8.78 Å². The number of allylic oxidation sites excluding steroid dienone is 1. The molecule has 0 fully saturated rings. The van der Waals surface area contributed by atoms with E-state index >= 15 is 0 Å². The zero-order valence-corrected chi connectivity index (χ0v) is 20.0. The van der Waals surface area contributed by atoms with Crippen molar-refractivity contribution in [1.29, 1.82) is 5.26 Å². The highest BCUT2D eigenvalue weighted by atomic mass is 35.5. The molecule has 0 saturated carbocycles. The summed E-state index contributed by atoms with van der Waals surface area (Å²) < 4.78 is 74.7. The number of benzene rings is 3. The molecule has 38 heavy (non-hydrogen) atoms. The van der Waals surface area contributed by atoms with E-state index in [1.807, 2.05) is 6.07 Å². The molecule has 1 heterocycles. The highest BCUT2D eigenvalue weighted by Gasteiger charge is 2.32. The first-order valence-electron chi connectivity index (χ1n) is 10.6. The molecule has 194 valence electrons. The van der Waals surface area contributed by atoms with E-state index in [-0.39, 0.29) is 39.5 Å². The molecule has 0 aliphatic heterocycles. The Kier molecular flexibility index (Phi) is 6.97. The van der Waals surface area contributed by atoms with Crippen molar-refractivity contribution < 1.29 is 31.5 Å². The van der Waals surface area contributed by atoms with Gasteiger partial charge >= 0.3 is 6.18 Å². The maximum absolute atomic E-state index is 14.0. The number of nitrogens with one attached hydrogen (secondary N) is 1. The minimum atomic E-state index is -4.90. The summed E-state index contributed by atoms with van der Waals surface area (Å²) in [6.45, 7) is 0. The van der Waals surface area contributed by atoms with E-state index in [1.165, 1.54) is 22.9 Å². The molecule has 4 aromatic rings. The highest BCUT2D eigenvalue weighted by Crippen LogP contribution is 2.44. The number of rotatable bonds is 5. The van der Waals surface area contributed by atoms with Crippen LogP contribution in [0.4, 0.5) is 33.5 Å². The van der Waals surface area contributed by atoms with E-state index in [0.29, 0.717) is 23.2 Å². The van der Waals surface area contributed by atoms with E-state index < -0.39 is 34.8 Å². The van der Waals surface area contributed by atoms with Crippen LogP contribution in [0.15, 0.2) is 48.5 Å². The number of halogens is 6. The fourth-order valence-corrected chi connectivity index (χ4v) is 3.88. The second kappa shape index (κ2) is 10.0. The molecule has 0 atom stereocenters. The third kappa shape index (κ3) is 5.23. The number of carbonyl (C=O) groups excluding carboxylic acids is 1. The van der Waals surface area contributed by atoms with E-state index in [2.05, 4.69) is 10.4 Å². The van der Waals surface area contributed by atoms with Crippen LogP contribution < -0.4 is 15.8 Å². The molecule has 4 rings (SSSR count). The molecule has 0 unspecified atom stereocenters. The molecule has 1 aromatic heterocycles. The minimum absolute atomic E-state index is 0.00677. The lowest BCUT2D eigenvalue weighted by Gasteiger charge is -2.17. The zero-order chi connectivity index (χ0) is 27.8. The maximum atomic E-state index is 14.0. The Hall–Kier alpha value is -4.63. The Labute approximate surface area is 216 Å². The molecule has 0 bridgehead atoms. The number of nitriles is 1. The number of alkyl halides is 3. The normalized spacial score (nSPS) is 11.6. The molecule has 3 aromatic carbocycles. The van der Waals surface area contributed by atoms with Gasteiger partial charge in [0.15, 0.2) is 11.6 Å². The minimum Gasteiger partial charge on any atom is -0.453 e. The van der Waals surface area contributed by atoms with E-state index in [0.717, 1.165) is 18.2 Å². The van der Waals surface area contributed by atoms with Crippen molar-refractivity contribution in [3.8, 4) is 17.6 Å². The van der Waals surface area contributed by atoms with Gasteiger partial charge in [0.2, 0.25) is 0 Å². The largest absolute Gasteiger partial charge is 0.453 e. The fraction of sp³-hybridized carbons (Fsp3) is 0.0800. The summed E-state index contributed by atoms with van der Waals surface area (Å²) in [6, 6.07) is 7.80. The van der Waals surface area contributed by atoms with Crippen molar-refractivity contribution in [2.45, 2.75) is 6.18 Å². The van der Waals surface area contributed by atoms with Gasteiger partial charge in [-0.2, -0.15) is 23.5 Å². The molecule has 0 saturated heterocycles. The van der Waals surface area contributed by atoms with Gasteiger partial charge in [0.05, 0.1) is 33.2 Å². The average molecular weight is 548 g/mol. The van der Waals surface area contributed by atoms with Crippen LogP contribution in [0.5, 0.6) is 11.5 Å². The molecule has 0 aliphatic rings. The maximum Gasteiger partial charge on any atom is 0.416 e. The molecule has 3 N–H and O–H groups in total. The van der Waals surface area contributed by atoms with Crippen molar-refractivity contribution in [2.75, 3.05) is 11.1 Å². The first-order valence-corrected chi connectivity index (χ1v) is 10.9. The van der Waals surface area contributed by atoms with Crippen molar-refractivity contribution in [1.82, 2.24) is 9.78 Å². The van der Waals surface area contributed by atoms with Crippen molar-refractivity contribution in [3.63, 3.8) is 0 Å². The Morgan fingerprint density at radius 3 is 2.61 bits per heavy atom. The lowest BCUT2D eigenvalue weighted by Crippen LogP contribution is -2.15. The van der Waals surface area contributed by atoms with Gasteiger partial charge < -0.3 is 15.8 Å². The molecule has 0 radical (unpaired) electrons. The van der Waals surface area contributed by atoms with Crippen LogP contribution in [0, 0.1) is 23.0 Å². The number of aryl methyl sites for hydroxylation is 1. The third-order valence-corrected chi connectivity index (χ3v) is 5.61. The molecule has 0 aliphatic carbocycles. The van der Waals surface area contributed by atoms with Gasteiger partial charge in [-0.05, 0) is 42.5 Å². The summed E-state index contributed by atoms with van der Waals surface area (Å²) in [4.78, 5) is 13.0. The predicted octanol–water partition coefficient (Wildman–Crippen LogP) is 6.69. The number of carbonyl (C=O) groups is 1. The molecule has 1 amide bonds. The van der Waals surface area contributed by atoms with Gasteiger partial charge in [-0.15, -0.1) is 0 Å². The number of nitrogens with two attached hydrogens (primary N) is 1. The lowest BCUT2D eigenvalue weighted by atomic mass is 10.1. The Bertz CT molecular complexity index is 1660. The zero-order valence-electron chi connectivity index (χ0n) is 19.2. The Morgan fingerprint density at radius 1 is 1.18 bits per heavy atom. The average Bonchev–Trinajstić information content (AvgIpc) is 3.14. The highest BCUT2D eigenvalue weighted by molar-refractivity contribution is 6.32. The molecule has 0 spiro atoms. The number of ether oxygens (including phenoxy) is 1. The molecule has 13 heteroatoms. The number of nitrogens with zero attached hydrogens (tertiary/aromatic N) is 3. The topological polar surface area (TPSA) is 106 Å². The van der Waals surface area contributed by atoms with Crippen LogP contribution in [0.3, 0.4) is 0 Å². The van der Waals surface area contributed by atoms with Crippen LogP contribution in [0.1, 0.15) is 21.5 Å². The molecular weight excluding hydrogens is 533 g/mol. The number of amides is 1. The van der Waals surface area contributed by atoms with E-state index in [1.54, 1.807) is 7.05 Å². The summed E-state index contributed by atoms with van der Waals surface area (Å²) >= 11 is 6.15. The number of hydrogen-bond donors (Lipinski definition) is 2. The van der Waals surface area contributed by atoms with E-state index in [9.17, 15) is 26.7 Å². The third-order valence-electron chi connectivity index (χ3n) is 5.30. The van der Waals surface area contributed by atoms with Gasteiger partial charge in [-0.1, -0.05) is 11.6 Å². The van der Waals surface area contributed by atoms with Crippen LogP contribution in [0.25, 0.3) is 17.0 Å². The Balaban J connectivity index is 1.93.